The Hall–Kier alpha value is -3.12. The third kappa shape index (κ3) is 3.71. The molecule has 2 aromatic heterocycles. The van der Waals surface area contributed by atoms with Gasteiger partial charge in [0, 0.05) is 5.56 Å². The Morgan fingerprint density at radius 3 is 2.52 bits per heavy atom. The van der Waals surface area contributed by atoms with Crippen molar-refractivity contribution in [2.45, 2.75) is 6.61 Å². The number of ether oxygens (including phenoxy) is 1. The van der Waals surface area contributed by atoms with E-state index in [-0.39, 0.29) is 0 Å². The molecule has 0 aliphatic heterocycles. The van der Waals surface area contributed by atoms with E-state index in [1.807, 2.05) is 54.6 Å². The molecule has 0 saturated carbocycles. The number of imidazole rings is 1. The number of aromatic nitrogens is 3. The van der Waals surface area contributed by atoms with Gasteiger partial charge in [-0.2, -0.15) is 0 Å². The summed E-state index contributed by atoms with van der Waals surface area (Å²) in [6, 6.07) is 21.0. The summed E-state index contributed by atoms with van der Waals surface area (Å²) in [7, 11) is 1.38. The highest BCUT2D eigenvalue weighted by molar-refractivity contribution is 6.66. The minimum absolute atomic E-state index is 0.346. The molecule has 2 aromatic carbocycles. The molecule has 0 aliphatic rings. The van der Waals surface area contributed by atoms with E-state index < -0.39 is 0 Å². The fourth-order valence-electron chi connectivity index (χ4n) is 2.80. The molecule has 0 N–H and O–H groups in total. The van der Waals surface area contributed by atoms with E-state index in [4.69, 9.17) is 16.3 Å². The van der Waals surface area contributed by atoms with Gasteiger partial charge >= 0.3 is 7.41 Å². The predicted octanol–water partition coefficient (Wildman–Crippen LogP) is 3.99. The summed E-state index contributed by atoms with van der Waals surface area (Å²) >= 11 is 5.98. The summed E-state index contributed by atoms with van der Waals surface area (Å²) < 4.78 is 7.45. The van der Waals surface area contributed by atoms with Crippen LogP contribution in [-0.4, -0.2) is 28.0 Å². The van der Waals surface area contributed by atoms with Crippen molar-refractivity contribution >= 4 is 36.4 Å². The van der Waals surface area contributed by atoms with Gasteiger partial charge in [-0.1, -0.05) is 41.9 Å². The zero-order chi connectivity index (χ0) is 18.6. The average Bonchev–Trinajstić information content (AvgIpc) is 3.06. The van der Waals surface area contributed by atoms with Gasteiger partial charge in [-0.25, -0.2) is 9.97 Å². The molecule has 1 radical (unpaired) electrons. The number of nitrogens with zero attached hydrogens (tertiary/aromatic N) is 3. The van der Waals surface area contributed by atoms with E-state index >= 15 is 0 Å². The topological polar surface area (TPSA) is 57.0 Å². The van der Waals surface area contributed by atoms with Crippen molar-refractivity contribution in [2.75, 3.05) is 0 Å². The second kappa shape index (κ2) is 7.64. The molecule has 7 heteroatoms. The van der Waals surface area contributed by atoms with Crippen LogP contribution in [0.15, 0.2) is 66.7 Å². The number of benzene rings is 2. The number of hydrogen-bond donors (Lipinski definition) is 0. The van der Waals surface area contributed by atoms with Crippen molar-refractivity contribution in [3.8, 4) is 17.1 Å². The van der Waals surface area contributed by atoms with Gasteiger partial charge in [0.25, 0.3) is 0 Å². The molecule has 2 heterocycles. The van der Waals surface area contributed by atoms with Crippen molar-refractivity contribution in [1.82, 2.24) is 14.4 Å². The van der Waals surface area contributed by atoms with Crippen LogP contribution in [0.3, 0.4) is 0 Å². The molecule has 0 amide bonds. The van der Waals surface area contributed by atoms with Crippen LogP contribution in [0.4, 0.5) is 0 Å². The molecule has 27 heavy (non-hydrogen) atoms. The van der Waals surface area contributed by atoms with Gasteiger partial charge in [0.15, 0.2) is 0 Å². The first-order valence-corrected chi connectivity index (χ1v) is 8.72. The molecular formula is C20H14BClN3O2. The van der Waals surface area contributed by atoms with Gasteiger partial charge in [-0.15, -0.1) is 0 Å². The Morgan fingerprint density at radius 1 is 1.00 bits per heavy atom. The fraction of sp³-hybridized carbons (Fsp3) is 0.0500. The molecule has 4 rings (SSSR count). The summed E-state index contributed by atoms with van der Waals surface area (Å²) in [6.07, 6.45) is 0.699. The standard InChI is InChI=1S/C20H14BClN3O2/c22-18-11-10-17-20(24-18)25(21-13-26)19(23-17)15-6-8-16(9-7-15)27-12-14-4-2-1-3-5-14/h1-11,13H,12H2. The Kier molecular flexibility index (Phi) is 4.89. The number of carbonyl (C=O) groups is 1. The van der Waals surface area contributed by atoms with Crippen LogP contribution in [0.25, 0.3) is 22.6 Å². The first-order valence-electron chi connectivity index (χ1n) is 8.35. The third-order valence-electron chi connectivity index (χ3n) is 4.07. The summed E-state index contributed by atoms with van der Waals surface area (Å²) in [6.45, 7) is 0.500. The molecule has 131 valence electrons. The van der Waals surface area contributed by atoms with Crippen LogP contribution >= 0.6 is 11.6 Å². The molecule has 0 atom stereocenters. The minimum atomic E-state index is 0.346. The molecule has 0 bridgehead atoms. The van der Waals surface area contributed by atoms with Gasteiger partial charge in [-0.05, 0) is 42.0 Å². The lowest BCUT2D eigenvalue weighted by Crippen LogP contribution is -2.10. The van der Waals surface area contributed by atoms with E-state index in [0.29, 0.717) is 34.9 Å². The van der Waals surface area contributed by atoms with Gasteiger partial charge in [-0.3, -0.25) is 0 Å². The van der Waals surface area contributed by atoms with Crippen LogP contribution in [0.1, 0.15) is 5.56 Å². The Morgan fingerprint density at radius 2 is 1.78 bits per heavy atom. The number of pyridine rings is 1. The second-order valence-electron chi connectivity index (χ2n) is 5.87. The highest BCUT2D eigenvalue weighted by Gasteiger charge is 2.14. The lowest BCUT2D eigenvalue weighted by Gasteiger charge is -2.08. The molecular weight excluding hydrogens is 361 g/mol. The Labute approximate surface area is 161 Å². The average molecular weight is 375 g/mol. The van der Waals surface area contributed by atoms with Gasteiger partial charge in [0.2, 0.25) is 0 Å². The van der Waals surface area contributed by atoms with Crippen molar-refractivity contribution in [3.05, 3.63) is 77.4 Å². The SMILES string of the molecule is O=C[B]n1c(-c2ccc(OCc3ccccc3)cc2)nc2ccc(Cl)nc21. The number of halogens is 1. The van der Waals surface area contributed by atoms with Crippen LogP contribution in [0, 0.1) is 0 Å². The highest BCUT2D eigenvalue weighted by Crippen LogP contribution is 2.26. The van der Waals surface area contributed by atoms with E-state index in [1.54, 1.807) is 16.6 Å². The lowest BCUT2D eigenvalue weighted by molar-refractivity contribution is 0.306. The molecule has 0 fully saturated rings. The quantitative estimate of drug-likeness (QED) is 0.291. The summed E-state index contributed by atoms with van der Waals surface area (Å²) in [5, 5.41) is 0.346. The van der Waals surface area contributed by atoms with Crippen molar-refractivity contribution in [2.24, 2.45) is 0 Å². The molecule has 0 aliphatic carbocycles. The lowest BCUT2D eigenvalue weighted by atomic mass is 9.97. The third-order valence-corrected chi connectivity index (χ3v) is 4.28. The summed E-state index contributed by atoms with van der Waals surface area (Å²) in [5.41, 5.74) is 3.15. The zero-order valence-electron chi connectivity index (χ0n) is 14.2. The Balaban J connectivity index is 1.61. The maximum absolute atomic E-state index is 11.1. The van der Waals surface area contributed by atoms with Gasteiger partial charge in [0.1, 0.15) is 40.7 Å². The van der Waals surface area contributed by atoms with E-state index in [2.05, 4.69) is 9.97 Å². The van der Waals surface area contributed by atoms with Crippen LogP contribution in [0.2, 0.25) is 5.15 Å². The van der Waals surface area contributed by atoms with Crippen molar-refractivity contribution in [3.63, 3.8) is 0 Å². The number of carbonyl (C=O) groups excluding carboxylic acids is 1. The monoisotopic (exact) mass is 374 g/mol. The van der Waals surface area contributed by atoms with E-state index in [0.717, 1.165) is 16.9 Å². The van der Waals surface area contributed by atoms with Crippen LogP contribution in [-0.2, 0) is 11.4 Å². The minimum Gasteiger partial charge on any atom is -0.489 e. The first-order chi connectivity index (χ1) is 13.2. The second-order valence-corrected chi connectivity index (χ2v) is 6.25. The van der Waals surface area contributed by atoms with Crippen molar-refractivity contribution in [1.29, 1.82) is 0 Å². The molecule has 4 aromatic rings. The zero-order valence-corrected chi connectivity index (χ0v) is 15.0. The van der Waals surface area contributed by atoms with Crippen LogP contribution in [0.5, 0.6) is 5.75 Å². The molecule has 0 spiro atoms. The highest BCUT2D eigenvalue weighted by atomic mass is 35.5. The smallest absolute Gasteiger partial charge is 0.337 e. The molecule has 5 nitrogen and oxygen atoms in total. The summed E-state index contributed by atoms with van der Waals surface area (Å²) in [5.74, 6) is 1.37. The van der Waals surface area contributed by atoms with Crippen LogP contribution < -0.4 is 4.74 Å². The predicted molar refractivity (Wildman–Crippen MR) is 107 cm³/mol. The number of fused-ring (bicyclic) bond motifs is 1. The maximum atomic E-state index is 11.1. The maximum Gasteiger partial charge on any atom is 0.337 e. The first kappa shape index (κ1) is 17.3. The largest absolute Gasteiger partial charge is 0.489 e. The molecule has 0 saturated heterocycles. The summed E-state index contributed by atoms with van der Waals surface area (Å²) in [4.78, 5) is 19.9. The fourth-order valence-corrected chi connectivity index (χ4v) is 2.94. The normalized spacial score (nSPS) is 10.7. The number of rotatable bonds is 6. The Bertz CT molecular complexity index is 1080. The van der Waals surface area contributed by atoms with Gasteiger partial charge in [0.05, 0.1) is 0 Å². The van der Waals surface area contributed by atoms with Crippen molar-refractivity contribution < 1.29 is 9.53 Å². The molecule has 0 unspecified atom stereocenters. The van der Waals surface area contributed by atoms with E-state index in [9.17, 15) is 4.79 Å². The van der Waals surface area contributed by atoms with Gasteiger partial charge < -0.3 is 14.0 Å². The number of hydrogen-bond acceptors (Lipinski definition) is 4. The van der Waals surface area contributed by atoms with E-state index in [1.165, 1.54) is 7.41 Å².